The first-order valence-electron chi connectivity index (χ1n) is 8.55. The van der Waals surface area contributed by atoms with Crippen LogP contribution in [0.15, 0.2) is 24.3 Å². The smallest absolute Gasteiger partial charge is 0.227 e. The maximum absolute atomic E-state index is 12.3. The number of likely N-dealkylation sites (tertiary alicyclic amines) is 1. The Labute approximate surface area is 137 Å². The van der Waals surface area contributed by atoms with E-state index in [-0.39, 0.29) is 23.8 Å². The summed E-state index contributed by atoms with van der Waals surface area (Å²) in [7, 11) is 0. The molecule has 1 saturated carbocycles. The summed E-state index contributed by atoms with van der Waals surface area (Å²) >= 11 is 0. The summed E-state index contributed by atoms with van der Waals surface area (Å²) in [5.41, 5.74) is 7.74. The second-order valence-electron chi connectivity index (χ2n) is 6.73. The summed E-state index contributed by atoms with van der Waals surface area (Å²) in [6.07, 6.45) is 5.29. The number of nitrogens with one attached hydrogen (secondary N) is 1. The van der Waals surface area contributed by atoms with Crippen LogP contribution in [0.5, 0.6) is 0 Å². The van der Waals surface area contributed by atoms with Crippen molar-refractivity contribution in [3.63, 3.8) is 0 Å². The quantitative estimate of drug-likeness (QED) is 0.895. The summed E-state index contributed by atoms with van der Waals surface area (Å²) in [5, 5.41) is 3.00. The first-order valence-corrected chi connectivity index (χ1v) is 8.55. The number of benzene rings is 1. The Morgan fingerprint density at radius 1 is 1.30 bits per heavy atom. The van der Waals surface area contributed by atoms with Gasteiger partial charge >= 0.3 is 0 Å². The van der Waals surface area contributed by atoms with Gasteiger partial charge in [-0.1, -0.05) is 12.1 Å². The molecule has 1 aromatic rings. The zero-order valence-corrected chi connectivity index (χ0v) is 13.5. The van der Waals surface area contributed by atoms with E-state index in [1.54, 1.807) is 0 Å². The maximum atomic E-state index is 12.3. The zero-order valence-electron chi connectivity index (χ0n) is 13.5. The minimum atomic E-state index is 0.0253. The number of carbonyl (C=O) groups is 2. The molecule has 2 fully saturated rings. The Morgan fingerprint density at radius 3 is 2.91 bits per heavy atom. The highest BCUT2D eigenvalue weighted by atomic mass is 16.2. The van der Waals surface area contributed by atoms with Crippen LogP contribution in [0.1, 0.15) is 44.1 Å². The largest absolute Gasteiger partial charge is 0.338 e. The number of piperidine rings is 1. The van der Waals surface area contributed by atoms with Crippen LogP contribution in [0.3, 0.4) is 0 Å². The summed E-state index contributed by atoms with van der Waals surface area (Å²) < 4.78 is 0. The lowest BCUT2D eigenvalue weighted by molar-refractivity contribution is -0.133. The van der Waals surface area contributed by atoms with E-state index in [9.17, 15) is 9.59 Å². The number of rotatable bonds is 4. The van der Waals surface area contributed by atoms with E-state index in [0.717, 1.165) is 49.9 Å². The van der Waals surface area contributed by atoms with Crippen molar-refractivity contribution in [3.05, 3.63) is 29.8 Å². The van der Waals surface area contributed by atoms with Crippen LogP contribution < -0.4 is 11.1 Å². The first-order chi connectivity index (χ1) is 11.1. The highest BCUT2D eigenvalue weighted by Crippen LogP contribution is 2.26. The van der Waals surface area contributed by atoms with Crippen molar-refractivity contribution >= 4 is 17.5 Å². The van der Waals surface area contributed by atoms with Gasteiger partial charge in [-0.25, -0.2) is 0 Å². The Bertz CT molecular complexity index is 587. The third-order valence-electron chi connectivity index (χ3n) is 4.83. The van der Waals surface area contributed by atoms with Crippen molar-refractivity contribution in [1.82, 2.24) is 4.90 Å². The van der Waals surface area contributed by atoms with E-state index < -0.39 is 0 Å². The molecule has 1 aromatic carbocycles. The van der Waals surface area contributed by atoms with E-state index in [0.29, 0.717) is 13.0 Å². The van der Waals surface area contributed by atoms with Gasteiger partial charge in [-0.2, -0.15) is 0 Å². The number of anilines is 1. The van der Waals surface area contributed by atoms with Crippen molar-refractivity contribution in [2.24, 2.45) is 11.7 Å². The van der Waals surface area contributed by atoms with Gasteiger partial charge in [0.05, 0.1) is 0 Å². The van der Waals surface area contributed by atoms with Gasteiger partial charge in [0, 0.05) is 37.2 Å². The van der Waals surface area contributed by atoms with Gasteiger partial charge in [-0.05, 0) is 49.8 Å². The molecule has 124 valence electrons. The molecule has 2 unspecified atom stereocenters. The van der Waals surface area contributed by atoms with Gasteiger partial charge in [0.15, 0.2) is 0 Å². The topological polar surface area (TPSA) is 75.4 Å². The number of nitrogens with two attached hydrogens (primary N) is 1. The second-order valence-corrected chi connectivity index (χ2v) is 6.73. The molecule has 3 rings (SSSR count). The average molecular weight is 315 g/mol. The normalized spacial score (nSPS) is 24.7. The molecule has 2 amide bonds. The molecule has 2 aliphatic rings. The van der Waals surface area contributed by atoms with E-state index in [2.05, 4.69) is 5.32 Å². The summed E-state index contributed by atoms with van der Waals surface area (Å²) in [5.74, 6) is 0.312. The molecule has 0 bridgehead atoms. The van der Waals surface area contributed by atoms with Crippen LogP contribution in [-0.4, -0.2) is 29.3 Å². The van der Waals surface area contributed by atoms with E-state index in [4.69, 9.17) is 5.73 Å². The predicted octanol–water partition coefficient (Wildman–Crippen LogP) is 2.26. The van der Waals surface area contributed by atoms with Crippen LogP contribution >= 0.6 is 0 Å². The fourth-order valence-corrected chi connectivity index (χ4v) is 3.50. The zero-order chi connectivity index (χ0) is 16.2. The number of nitrogens with zero attached hydrogens (tertiary/aromatic N) is 1. The van der Waals surface area contributed by atoms with Crippen molar-refractivity contribution in [1.29, 1.82) is 0 Å². The predicted molar refractivity (Wildman–Crippen MR) is 89.7 cm³/mol. The molecule has 0 radical (unpaired) electrons. The van der Waals surface area contributed by atoms with E-state index >= 15 is 0 Å². The highest BCUT2D eigenvalue weighted by molar-refractivity contribution is 5.92. The maximum Gasteiger partial charge on any atom is 0.227 e. The van der Waals surface area contributed by atoms with Gasteiger partial charge < -0.3 is 16.0 Å². The van der Waals surface area contributed by atoms with Gasteiger partial charge in [0.25, 0.3) is 0 Å². The monoisotopic (exact) mass is 315 g/mol. The van der Waals surface area contributed by atoms with Crippen LogP contribution in [0.2, 0.25) is 0 Å². The summed E-state index contributed by atoms with van der Waals surface area (Å²) in [6, 6.07) is 7.95. The molecule has 3 N–H and O–H groups in total. The molecule has 0 spiro atoms. The molecule has 1 aliphatic carbocycles. The number of hydrogen-bond acceptors (Lipinski definition) is 3. The minimum absolute atomic E-state index is 0.0253. The Hall–Kier alpha value is -1.88. The standard InChI is InChI=1S/C18H25N3O2/c19-15-8-7-14(11-15)18(23)20-16-5-3-4-13(10-16)12-21-9-2-1-6-17(21)22/h3-5,10,14-15H,1-2,6-9,11-12,19H2,(H,20,23). The number of hydrogen-bond donors (Lipinski definition) is 2. The molecule has 0 aromatic heterocycles. The second kappa shape index (κ2) is 7.13. The van der Waals surface area contributed by atoms with Crippen molar-refractivity contribution < 1.29 is 9.59 Å². The highest BCUT2D eigenvalue weighted by Gasteiger charge is 2.27. The van der Waals surface area contributed by atoms with Crippen LogP contribution in [0.4, 0.5) is 5.69 Å². The van der Waals surface area contributed by atoms with Crippen LogP contribution in [0, 0.1) is 5.92 Å². The fraction of sp³-hybridized carbons (Fsp3) is 0.556. The van der Waals surface area contributed by atoms with E-state index in [1.165, 1.54) is 0 Å². The minimum Gasteiger partial charge on any atom is -0.338 e. The van der Waals surface area contributed by atoms with Gasteiger partial charge in [-0.15, -0.1) is 0 Å². The fourth-order valence-electron chi connectivity index (χ4n) is 3.50. The van der Waals surface area contributed by atoms with Gasteiger partial charge in [0.2, 0.25) is 11.8 Å². The molecule has 23 heavy (non-hydrogen) atoms. The first kappa shape index (κ1) is 16.0. The van der Waals surface area contributed by atoms with E-state index in [1.807, 2.05) is 29.2 Å². The lowest BCUT2D eigenvalue weighted by atomic mass is 10.1. The Balaban J connectivity index is 1.60. The molecule has 5 heteroatoms. The van der Waals surface area contributed by atoms with Crippen LogP contribution in [-0.2, 0) is 16.1 Å². The molecule has 2 atom stereocenters. The lowest BCUT2D eigenvalue weighted by Gasteiger charge is -2.27. The van der Waals surface area contributed by atoms with Gasteiger partial charge in [-0.3, -0.25) is 9.59 Å². The Kier molecular flexibility index (Phi) is 4.96. The summed E-state index contributed by atoms with van der Waals surface area (Å²) in [6.45, 7) is 1.45. The van der Waals surface area contributed by atoms with Gasteiger partial charge in [0.1, 0.15) is 0 Å². The van der Waals surface area contributed by atoms with Crippen LogP contribution in [0.25, 0.3) is 0 Å². The SMILES string of the molecule is NC1CCC(C(=O)Nc2cccc(CN3CCCCC3=O)c2)C1. The Morgan fingerprint density at radius 2 is 2.17 bits per heavy atom. The molecule has 1 aliphatic heterocycles. The molecule has 5 nitrogen and oxygen atoms in total. The third kappa shape index (κ3) is 4.10. The summed E-state index contributed by atoms with van der Waals surface area (Å²) in [4.78, 5) is 26.1. The van der Waals surface area contributed by atoms with Crippen molar-refractivity contribution in [2.75, 3.05) is 11.9 Å². The lowest BCUT2D eigenvalue weighted by Crippen LogP contribution is -2.34. The molecular formula is C18H25N3O2. The molecular weight excluding hydrogens is 290 g/mol. The third-order valence-corrected chi connectivity index (χ3v) is 4.83. The molecule has 1 heterocycles. The van der Waals surface area contributed by atoms with Crippen molar-refractivity contribution in [3.8, 4) is 0 Å². The van der Waals surface area contributed by atoms with Crippen molar-refractivity contribution in [2.45, 2.75) is 51.1 Å². The number of carbonyl (C=O) groups excluding carboxylic acids is 2. The number of amides is 2. The molecule has 1 saturated heterocycles. The average Bonchev–Trinajstić information content (AvgIpc) is 2.97.